The van der Waals surface area contributed by atoms with Crippen LogP contribution < -0.4 is 10.1 Å². The molecular weight excluding hydrogens is 401 g/mol. The SMILES string of the molecule is Cc1ccc(-c2nc(NCC3OCCO3)n(-c3ccc(OC(F)(F)F)cc3)n2)cc1. The third-order valence-electron chi connectivity index (χ3n) is 4.35. The van der Waals surface area contributed by atoms with Gasteiger partial charge in [-0.2, -0.15) is 9.67 Å². The summed E-state index contributed by atoms with van der Waals surface area (Å²) in [4.78, 5) is 4.55. The summed E-state index contributed by atoms with van der Waals surface area (Å²) >= 11 is 0. The Bertz CT molecular complexity index is 982. The van der Waals surface area contributed by atoms with E-state index in [0.717, 1.165) is 11.1 Å². The van der Waals surface area contributed by atoms with E-state index in [2.05, 4.69) is 20.1 Å². The van der Waals surface area contributed by atoms with Crippen molar-refractivity contribution in [3.05, 3.63) is 54.1 Å². The van der Waals surface area contributed by atoms with Gasteiger partial charge in [-0.1, -0.05) is 29.8 Å². The Morgan fingerprint density at radius 3 is 2.37 bits per heavy atom. The first-order chi connectivity index (χ1) is 14.4. The average Bonchev–Trinajstić information content (AvgIpc) is 3.36. The van der Waals surface area contributed by atoms with Crippen LogP contribution >= 0.6 is 0 Å². The molecule has 0 aliphatic carbocycles. The van der Waals surface area contributed by atoms with Crippen molar-refractivity contribution in [2.75, 3.05) is 25.1 Å². The van der Waals surface area contributed by atoms with E-state index >= 15 is 0 Å². The number of nitrogens with zero attached hydrogens (tertiary/aromatic N) is 3. The van der Waals surface area contributed by atoms with Gasteiger partial charge in [0.15, 0.2) is 12.1 Å². The average molecular weight is 420 g/mol. The van der Waals surface area contributed by atoms with Crippen molar-refractivity contribution in [3.8, 4) is 22.8 Å². The Hall–Kier alpha value is -3.11. The summed E-state index contributed by atoms with van der Waals surface area (Å²) in [5, 5.41) is 7.66. The zero-order valence-corrected chi connectivity index (χ0v) is 16.0. The lowest BCUT2D eigenvalue weighted by molar-refractivity contribution is -0.274. The summed E-state index contributed by atoms with van der Waals surface area (Å²) in [6.07, 6.45) is -5.15. The first-order valence-corrected chi connectivity index (χ1v) is 9.25. The number of aryl methyl sites for hydroxylation is 1. The Labute approximate surface area is 170 Å². The van der Waals surface area contributed by atoms with E-state index in [4.69, 9.17) is 9.47 Å². The fourth-order valence-corrected chi connectivity index (χ4v) is 2.92. The lowest BCUT2D eigenvalue weighted by Crippen LogP contribution is -2.22. The van der Waals surface area contributed by atoms with E-state index < -0.39 is 12.7 Å². The van der Waals surface area contributed by atoms with E-state index in [1.165, 1.54) is 28.9 Å². The van der Waals surface area contributed by atoms with Crippen LogP contribution in [0.4, 0.5) is 19.1 Å². The van der Waals surface area contributed by atoms with Gasteiger partial charge in [-0.25, -0.2) is 0 Å². The molecule has 1 aliphatic heterocycles. The number of ether oxygens (including phenoxy) is 3. The van der Waals surface area contributed by atoms with Crippen LogP contribution in [-0.2, 0) is 9.47 Å². The third kappa shape index (κ3) is 4.89. The molecule has 158 valence electrons. The predicted molar refractivity (Wildman–Crippen MR) is 102 cm³/mol. The van der Waals surface area contributed by atoms with Gasteiger partial charge in [0, 0.05) is 5.56 Å². The van der Waals surface area contributed by atoms with Gasteiger partial charge < -0.3 is 19.5 Å². The highest BCUT2D eigenvalue weighted by Gasteiger charge is 2.31. The van der Waals surface area contributed by atoms with Crippen LogP contribution in [-0.4, -0.2) is 47.2 Å². The largest absolute Gasteiger partial charge is 0.573 e. The first kappa shape index (κ1) is 20.2. The second-order valence-electron chi connectivity index (χ2n) is 6.63. The number of rotatable bonds is 6. The number of aromatic nitrogens is 3. The number of alkyl halides is 3. The maximum Gasteiger partial charge on any atom is 0.573 e. The molecule has 0 saturated carbocycles. The van der Waals surface area contributed by atoms with Gasteiger partial charge in [-0.15, -0.1) is 18.3 Å². The molecule has 1 aliphatic rings. The minimum absolute atomic E-state index is 0.313. The highest BCUT2D eigenvalue weighted by molar-refractivity contribution is 5.58. The van der Waals surface area contributed by atoms with Gasteiger partial charge in [-0.3, -0.25) is 0 Å². The first-order valence-electron chi connectivity index (χ1n) is 9.25. The monoisotopic (exact) mass is 420 g/mol. The van der Waals surface area contributed by atoms with Crippen LogP contribution in [0.1, 0.15) is 5.56 Å². The second kappa shape index (κ2) is 8.33. The van der Waals surface area contributed by atoms with Crippen molar-refractivity contribution in [3.63, 3.8) is 0 Å². The molecule has 4 rings (SSSR count). The van der Waals surface area contributed by atoms with Crippen molar-refractivity contribution in [1.82, 2.24) is 14.8 Å². The van der Waals surface area contributed by atoms with Gasteiger partial charge in [0.2, 0.25) is 5.95 Å². The van der Waals surface area contributed by atoms with Crippen LogP contribution in [0.5, 0.6) is 5.75 Å². The molecule has 10 heteroatoms. The number of nitrogens with one attached hydrogen (secondary N) is 1. The second-order valence-corrected chi connectivity index (χ2v) is 6.63. The smallest absolute Gasteiger partial charge is 0.406 e. The Kier molecular flexibility index (Phi) is 5.60. The van der Waals surface area contributed by atoms with Crippen molar-refractivity contribution in [2.45, 2.75) is 19.6 Å². The van der Waals surface area contributed by atoms with Gasteiger partial charge in [0.25, 0.3) is 0 Å². The number of hydrogen-bond acceptors (Lipinski definition) is 6. The highest BCUT2D eigenvalue weighted by Crippen LogP contribution is 2.26. The van der Waals surface area contributed by atoms with Gasteiger partial charge in [0.1, 0.15) is 5.75 Å². The molecule has 0 radical (unpaired) electrons. The third-order valence-corrected chi connectivity index (χ3v) is 4.35. The molecule has 0 unspecified atom stereocenters. The topological polar surface area (TPSA) is 70.4 Å². The fourth-order valence-electron chi connectivity index (χ4n) is 2.92. The number of benzene rings is 2. The molecule has 7 nitrogen and oxygen atoms in total. The molecule has 3 aromatic rings. The molecule has 30 heavy (non-hydrogen) atoms. The Morgan fingerprint density at radius 1 is 1.07 bits per heavy atom. The predicted octanol–water partition coefficient (Wildman–Crippen LogP) is 3.93. The van der Waals surface area contributed by atoms with Gasteiger partial charge in [-0.05, 0) is 31.2 Å². The van der Waals surface area contributed by atoms with Crippen molar-refractivity contribution in [1.29, 1.82) is 0 Å². The van der Waals surface area contributed by atoms with Crippen molar-refractivity contribution < 1.29 is 27.4 Å². The maximum absolute atomic E-state index is 12.4. The molecule has 1 saturated heterocycles. The van der Waals surface area contributed by atoms with Crippen molar-refractivity contribution >= 4 is 5.95 Å². The number of anilines is 1. The molecule has 2 aromatic carbocycles. The summed E-state index contributed by atoms with van der Waals surface area (Å²) in [5.41, 5.74) is 2.44. The molecule has 1 N–H and O–H groups in total. The zero-order chi connectivity index (χ0) is 21.1. The molecule has 1 aromatic heterocycles. The van der Waals surface area contributed by atoms with Gasteiger partial charge in [0.05, 0.1) is 25.4 Å². The van der Waals surface area contributed by atoms with Crippen LogP contribution in [0.2, 0.25) is 0 Å². The van der Waals surface area contributed by atoms with E-state index in [1.54, 1.807) is 0 Å². The zero-order valence-electron chi connectivity index (χ0n) is 16.0. The fraction of sp³-hybridized carbons (Fsp3) is 0.300. The quantitative estimate of drug-likeness (QED) is 0.652. The number of hydrogen-bond donors (Lipinski definition) is 1. The van der Waals surface area contributed by atoms with Crippen LogP contribution in [0.15, 0.2) is 48.5 Å². The molecule has 1 fully saturated rings. The summed E-state index contributed by atoms with van der Waals surface area (Å²) < 4.78 is 53.5. The van der Waals surface area contributed by atoms with E-state index in [-0.39, 0.29) is 5.75 Å². The molecule has 0 atom stereocenters. The van der Waals surface area contributed by atoms with E-state index in [9.17, 15) is 13.2 Å². The standard InChI is InChI=1S/C20H19F3N4O3/c1-13-2-4-14(5-3-13)18-25-19(24-12-17-28-10-11-29-17)27(26-18)15-6-8-16(9-7-15)30-20(21,22)23/h2-9,17H,10-12H2,1H3,(H,24,25,26). The van der Waals surface area contributed by atoms with Crippen LogP contribution in [0, 0.1) is 6.92 Å². The Balaban J connectivity index is 1.62. The molecule has 0 bridgehead atoms. The molecule has 0 amide bonds. The molecule has 2 heterocycles. The maximum atomic E-state index is 12.4. The normalized spacial score (nSPS) is 14.8. The Morgan fingerprint density at radius 2 is 1.73 bits per heavy atom. The van der Waals surface area contributed by atoms with Crippen LogP contribution in [0.25, 0.3) is 17.1 Å². The lowest BCUT2D eigenvalue weighted by atomic mass is 10.1. The molecule has 0 spiro atoms. The summed E-state index contributed by atoms with van der Waals surface area (Å²) in [6.45, 7) is 3.37. The van der Waals surface area contributed by atoms with Crippen LogP contribution in [0.3, 0.4) is 0 Å². The van der Waals surface area contributed by atoms with E-state index in [0.29, 0.717) is 37.2 Å². The summed E-state index contributed by atoms with van der Waals surface area (Å²) in [7, 11) is 0. The summed E-state index contributed by atoms with van der Waals surface area (Å²) in [5.74, 6) is 0.572. The minimum atomic E-state index is -4.75. The van der Waals surface area contributed by atoms with Crippen molar-refractivity contribution in [2.24, 2.45) is 0 Å². The summed E-state index contributed by atoms with van der Waals surface area (Å²) in [6, 6.07) is 13.1. The molecular formula is C20H19F3N4O3. The van der Waals surface area contributed by atoms with Gasteiger partial charge >= 0.3 is 6.36 Å². The lowest BCUT2D eigenvalue weighted by Gasteiger charge is -2.12. The minimum Gasteiger partial charge on any atom is -0.406 e. The van der Waals surface area contributed by atoms with E-state index in [1.807, 2.05) is 31.2 Å². The number of halogens is 3. The highest BCUT2D eigenvalue weighted by atomic mass is 19.4.